The van der Waals surface area contributed by atoms with Crippen molar-refractivity contribution in [1.29, 1.82) is 0 Å². The monoisotopic (exact) mass is 792 g/mol. The average Bonchev–Trinajstić information content (AvgIpc) is 2.96. The first-order chi connectivity index (χ1) is 24.5. The van der Waals surface area contributed by atoms with E-state index < -0.39 is 25.0 Å². The molecule has 0 fully saturated rings. The molecule has 6 bridgehead atoms. The van der Waals surface area contributed by atoms with E-state index in [9.17, 15) is 0 Å². The molecule has 0 aromatic heterocycles. The highest BCUT2D eigenvalue weighted by Gasteiger charge is 2.29. The topological polar surface area (TPSA) is 55.4 Å². The molecule has 3 aromatic carbocycles. The van der Waals surface area contributed by atoms with Crippen molar-refractivity contribution in [3.8, 4) is 17.2 Å². The van der Waals surface area contributed by atoms with Gasteiger partial charge in [-0.15, -0.1) is 0 Å². The molecule has 0 unspecified atom stereocenters. The van der Waals surface area contributed by atoms with Crippen LogP contribution in [-0.4, -0.2) is 25.0 Å². The molecule has 1 heterocycles. The maximum atomic E-state index is 6.93. The summed E-state index contributed by atoms with van der Waals surface area (Å²) in [7, 11) is -6.08. The van der Waals surface area contributed by atoms with Crippen LogP contribution in [0.15, 0.2) is 36.4 Å². The lowest BCUT2D eigenvalue weighted by molar-refractivity contribution is 0.0948. The van der Waals surface area contributed by atoms with Crippen molar-refractivity contribution in [1.82, 2.24) is 0 Å². The minimum atomic E-state index is -2.03. The molecule has 0 spiro atoms. The molecule has 0 radical (unpaired) electrons. The van der Waals surface area contributed by atoms with E-state index in [0.717, 1.165) is 50.6 Å². The van der Waals surface area contributed by atoms with Crippen LogP contribution in [0.5, 0.6) is 17.2 Å². The summed E-state index contributed by atoms with van der Waals surface area (Å²) in [6.45, 7) is 42.9. The minimum absolute atomic E-state index is 0.0826. The zero-order chi connectivity index (χ0) is 40.7. The van der Waals surface area contributed by atoms with Crippen molar-refractivity contribution in [3.05, 3.63) is 86.5 Å². The highest BCUT2D eigenvalue weighted by atomic mass is 28.4. The first-order valence-corrected chi connectivity index (χ1v) is 30.0. The molecular weight excluding hydrogens is 721 g/mol. The maximum Gasteiger partial charge on any atom is 0.242 e. The van der Waals surface area contributed by atoms with Gasteiger partial charge < -0.3 is 27.5 Å². The number of ether oxygens (including phenoxy) is 3. The van der Waals surface area contributed by atoms with E-state index in [1.54, 1.807) is 0 Å². The third-order valence-electron chi connectivity index (χ3n) is 9.10. The molecule has 0 N–H and O–H groups in total. The molecule has 1 aliphatic rings. The quantitative estimate of drug-likeness (QED) is 0.232. The number of hydrogen-bond acceptors (Lipinski definition) is 6. The fourth-order valence-electron chi connectivity index (χ4n) is 6.33. The molecule has 3 aromatic rings. The van der Waals surface area contributed by atoms with Crippen LogP contribution in [0.2, 0.25) is 58.9 Å². The van der Waals surface area contributed by atoms with Crippen LogP contribution in [-0.2, 0) is 70.1 Å². The van der Waals surface area contributed by atoms with E-state index in [1.165, 1.54) is 16.7 Å². The van der Waals surface area contributed by atoms with Gasteiger partial charge in [0.2, 0.25) is 25.0 Å². The smallest absolute Gasteiger partial charge is 0.242 e. The summed E-state index contributed by atoms with van der Waals surface area (Å²) in [5, 5.41) is 0. The maximum absolute atomic E-state index is 6.93. The summed E-state index contributed by atoms with van der Waals surface area (Å²) < 4.78 is 41.0. The fourth-order valence-corrected chi connectivity index (χ4v) is 8.95. The van der Waals surface area contributed by atoms with Crippen molar-refractivity contribution in [2.45, 2.75) is 177 Å². The van der Waals surface area contributed by atoms with Gasteiger partial charge >= 0.3 is 0 Å². The van der Waals surface area contributed by atoms with Crippen molar-refractivity contribution in [3.63, 3.8) is 0 Å². The predicted molar refractivity (Wildman–Crippen MR) is 233 cm³/mol. The van der Waals surface area contributed by atoms with E-state index in [1.807, 2.05) is 0 Å². The van der Waals surface area contributed by atoms with Gasteiger partial charge in [0, 0.05) is 33.4 Å². The second-order valence-electron chi connectivity index (χ2n) is 21.2. The Bertz CT molecular complexity index is 1490. The summed E-state index contributed by atoms with van der Waals surface area (Å²) in [5.74, 6) is 2.67. The van der Waals surface area contributed by atoms with E-state index >= 15 is 0 Å². The van der Waals surface area contributed by atoms with Gasteiger partial charge in [-0.25, -0.2) is 0 Å². The normalized spacial score (nSPS) is 15.7. The highest BCUT2D eigenvalue weighted by Crippen LogP contribution is 2.39. The van der Waals surface area contributed by atoms with Crippen LogP contribution in [0.4, 0.5) is 0 Å². The third-order valence-corrected chi connectivity index (χ3v) is 11.5. The van der Waals surface area contributed by atoms with Crippen LogP contribution >= 0.6 is 0 Å². The van der Waals surface area contributed by atoms with E-state index in [4.69, 9.17) is 27.5 Å². The van der Waals surface area contributed by atoms with Gasteiger partial charge in [0.05, 0.1) is 39.6 Å². The second kappa shape index (κ2) is 16.2. The SMILES string of the molecule is CC(C)(C)c1cc2c(O[Si](C)(C)C)c(c1)COCc1cc(C(C)(C)C)cc(c1O[Si](C)(C)C)COCc1cc(C(C)(C)C)cc(c1O[Si](C)(C)C)COC2. The Balaban J connectivity index is 2.03. The van der Waals surface area contributed by atoms with Crippen LogP contribution in [0.3, 0.4) is 0 Å². The molecule has 0 saturated heterocycles. The fraction of sp³-hybridized carbons (Fsp3) is 0.600. The molecule has 300 valence electrons. The lowest BCUT2D eigenvalue weighted by Gasteiger charge is -2.30. The first-order valence-electron chi connectivity index (χ1n) is 19.8. The van der Waals surface area contributed by atoms with Crippen molar-refractivity contribution < 1.29 is 27.5 Å². The zero-order valence-corrected chi connectivity index (χ0v) is 40.2. The van der Waals surface area contributed by atoms with Crippen molar-refractivity contribution in [2.24, 2.45) is 0 Å². The van der Waals surface area contributed by atoms with Crippen LogP contribution < -0.4 is 13.3 Å². The van der Waals surface area contributed by atoms with E-state index in [-0.39, 0.29) is 16.2 Å². The molecule has 4 rings (SSSR count). The van der Waals surface area contributed by atoms with Crippen LogP contribution in [0, 0.1) is 0 Å². The zero-order valence-electron chi connectivity index (χ0n) is 37.2. The molecule has 0 atom stereocenters. The standard InChI is InChI=1S/C45H72O6Si3/c1-43(2,3)37-19-31-25-46-27-33-21-38(44(4,5)6)23-35(41(33)50-53(13,14)15)29-48-30-36-24-39(45(7,8)9)22-34(42(36)51-54(16,17)18)28-47-26-32(20-37)40(31)49-52(10,11)12/h19-24H,25-30H2,1-18H3. The number of fused-ring (bicyclic) bond motifs is 6. The summed E-state index contributed by atoms with van der Waals surface area (Å²) in [6.07, 6.45) is 0. The Morgan fingerprint density at radius 2 is 0.519 bits per heavy atom. The van der Waals surface area contributed by atoms with Crippen molar-refractivity contribution in [2.75, 3.05) is 0 Å². The Hall–Kier alpha value is -2.41. The highest BCUT2D eigenvalue weighted by molar-refractivity contribution is 6.71. The van der Waals surface area contributed by atoms with Gasteiger partial charge in [-0.3, -0.25) is 0 Å². The van der Waals surface area contributed by atoms with Crippen LogP contribution in [0.25, 0.3) is 0 Å². The lowest BCUT2D eigenvalue weighted by Crippen LogP contribution is -2.31. The lowest BCUT2D eigenvalue weighted by atomic mass is 9.84. The van der Waals surface area contributed by atoms with Gasteiger partial charge in [-0.2, -0.15) is 0 Å². The van der Waals surface area contributed by atoms with Crippen molar-refractivity contribution >= 4 is 25.0 Å². The van der Waals surface area contributed by atoms with Gasteiger partial charge in [-0.1, -0.05) is 62.3 Å². The van der Waals surface area contributed by atoms with Gasteiger partial charge in [0.25, 0.3) is 0 Å². The Kier molecular flexibility index (Phi) is 13.3. The number of rotatable bonds is 6. The summed E-state index contributed by atoms with van der Waals surface area (Å²) >= 11 is 0. The Labute approximate surface area is 332 Å². The predicted octanol–water partition coefficient (Wildman–Crippen LogP) is 12.7. The molecule has 0 saturated carbocycles. The number of hydrogen-bond donors (Lipinski definition) is 0. The van der Waals surface area contributed by atoms with Gasteiger partial charge in [-0.05, 0) is 128 Å². The second-order valence-corrected chi connectivity index (χ2v) is 34.5. The Morgan fingerprint density at radius 1 is 0.352 bits per heavy atom. The van der Waals surface area contributed by atoms with Gasteiger partial charge in [0.1, 0.15) is 17.2 Å². The third kappa shape index (κ3) is 12.5. The molecule has 0 amide bonds. The van der Waals surface area contributed by atoms with Crippen LogP contribution in [0.1, 0.15) is 112 Å². The molecule has 6 nitrogen and oxygen atoms in total. The largest absolute Gasteiger partial charge is 0.544 e. The molecule has 54 heavy (non-hydrogen) atoms. The average molecular weight is 793 g/mol. The first kappa shape index (κ1) is 44.3. The molecule has 0 aliphatic carbocycles. The molecule has 1 aliphatic heterocycles. The van der Waals surface area contributed by atoms with E-state index in [2.05, 4.69) is 158 Å². The summed E-state index contributed by atoms with van der Waals surface area (Å²) in [6, 6.07) is 13.7. The van der Waals surface area contributed by atoms with E-state index in [0.29, 0.717) is 39.6 Å². The summed E-state index contributed by atoms with van der Waals surface area (Å²) in [4.78, 5) is 0. The van der Waals surface area contributed by atoms with Gasteiger partial charge in [0.15, 0.2) is 0 Å². The Morgan fingerprint density at radius 3 is 0.648 bits per heavy atom. The molecule has 9 heteroatoms. The minimum Gasteiger partial charge on any atom is -0.544 e. The molecular formula is C45H72O6Si3. The number of benzene rings is 3. The summed E-state index contributed by atoms with van der Waals surface area (Å²) in [5.41, 5.74) is 9.74.